The summed E-state index contributed by atoms with van der Waals surface area (Å²) >= 11 is 0. The smallest absolute Gasteiger partial charge is 0.115 e. The number of hydrogen-bond donors (Lipinski definition) is 2. The van der Waals surface area contributed by atoms with E-state index in [0.717, 1.165) is 5.56 Å². The minimum Gasteiger partial charge on any atom is -0.508 e. The van der Waals surface area contributed by atoms with Crippen LogP contribution in [0.1, 0.15) is 18.4 Å². The summed E-state index contributed by atoms with van der Waals surface area (Å²) in [6.07, 6.45) is 0. The Bertz CT molecular complexity index is 368. The van der Waals surface area contributed by atoms with Crippen LogP contribution < -0.4 is 0 Å². The van der Waals surface area contributed by atoms with E-state index in [-0.39, 0.29) is 18.3 Å². The van der Waals surface area contributed by atoms with Crippen molar-refractivity contribution in [2.24, 2.45) is 0 Å². The molecule has 0 heterocycles. The number of phenolic OH excluding ortho intramolecular Hbond substituents is 1. The van der Waals surface area contributed by atoms with Gasteiger partial charge in [-0.2, -0.15) is 0 Å². The predicted molar refractivity (Wildman–Crippen MR) is 70.0 cm³/mol. The van der Waals surface area contributed by atoms with Crippen LogP contribution in [0.15, 0.2) is 60.7 Å². The Labute approximate surface area is 102 Å². The van der Waals surface area contributed by atoms with Crippen LogP contribution in [0.2, 0.25) is 0 Å². The molecular formula is C15H18O2. The molecule has 0 bridgehead atoms. The van der Waals surface area contributed by atoms with Crippen molar-refractivity contribution in [2.45, 2.75) is 12.8 Å². The SMILES string of the molecule is CC(CO)c1ccc(O)cc1.c1ccccc1. The number of phenols is 1. The lowest BCUT2D eigenvalue weighted by Gasteiger charge is -2.06. The molecule has 2 heteroatoms. The zero-order valence-electron chi connectivity index (χ0n) is 9.95. The summed E-state index contributed by atoms with van der Waals surface area (Å²) in [6, 6.07) is 18.9. The van der Waals surface area contributed by atoms with Gasteiger partial charge >= 0.3 is 0 Å². The molecule has 0 amide bonds. The fraction of sp³-hybridized carbons (Fsp3) is 0.200. The number of aromatic hydroxyl groups is 1. The fourth-order valence-electron chi connectivity index (χ4n) is 1.29. The molecule has 0 saturated carbocycles. The molecule has 0 radical (unpaired) electrons. The van der Waals surface area contributed by atoms with Crippen LogP contribution in [0.3, 0.4) is 0 Å². The second-order valence-corrected chi connectivity index (χ2v) is 3.83. The standard InChI is InChI=1S/C9H12O2.C6H6/c1-7(6-10)8-2-4-9(11)5-3-8;1-2-4-6-5-3-1/h2-5,7,10-11H,6H2,1H3;1-6H. The van der Waals surface area contributed by atoms with E-state index in [9.17, 15) is 0 Å². The molecule has 1 unspecified atom stereocenters. The summed E-state index contributed by atoms with van der Waals surface area (Å²) in [5.74, 6) is 0.412. The maximum atomic E-state index is 8.95. The maximum absolute atomic E-state index is 8.95. The molecule has 0 aliphatic heterocycles. The lowest BCUT2D eigenvalue weighted by atomic mass is 10.0. The molecule has 2 N–H and O–H groups in total. The Kier molecular flexibility index (Phi) is 5.83. The van der Waals surface area contributed by atoms with Gasteiger partial charge in [0.15, 0.2) is 0 Å². The Morgan fingerprint density at radius 3 is 1.65 bits per heavy atom. The largest absolute Gasteiger partial charge is 0.508 e. The van der Waals surface area contributed by atoms with Crippen molar-refractivity contribution < 1.29 is 10.2 Å². The number of aliphatic hydroxyl groups excluding tert-OH is 1. The van der Waals surface area contributed by atoms with Crippen LogP contribution in [-0.2, 0) is 0 Å². The Balaban J connectivity index is 0.000000202. The third-order valence-electron chi connectivity index (χ3n) is 2.40. The van der Waals surface area contributed by atoms with Gasteiger partial charge in [-0.1, -0.05) is 55.5 Å². The van der Waals surface area contributed by atoms with Crippen molar-refractivity contribution in [3.05, 3.63) is 66.2 Å². The molecule has 2 aromatic carbocycles. The van der Waals surface area contributed by atoms with Crippen LogP contribution >= 0.6 is 0 Å². The Hall–Kier alpha value is -1.80. The average Bonchev–Trinajstić information content (AvgIpc) is 2.41. The molecule has 2 aromatic rings. The van der Waals surface area contributed by atoms with E-state index in [2.05, 4.69) is 0 Å². The van der Waals surface area contributed by atoms with Gasteiger partial charge in [-0.15, -0.1) is 0 Å². The summed E-state index contributed by atoms with van der Waals surface area (Å²) in [4.78, 5) is 0. The second kappa shape index (κ2) is 7.47. The maximum Gasteiger partial charge on any atom is 0.115 e. The number of hydrogen-bond acceptors (Lipinski definition) is 2. The van der Waals surface area contributed by atoms with Crippen LogP contribution in [-0.4, -0.2) is 16.8 Å². The van der Waals surface area contributed by atoms with Gasteiger partial charge in [-0.3, -0.25) is 0 Å². The van der Waals surface area contributed by atoms with Gasteiger partial charge in [-0.05, 0) is 17.7 Å². The molecule has 0 aliphatic carbocycles. The first-order valence-corrected chi connectivity index (χ1v) is 5.64. The van der Waals surface area contributed by atoms with E-state index in [1.807, 2.05) is 55.5 Å². The molecule has 2 nitrogen and oxygen atoms in total. The van der Waals surface area contributed by atoms with Gasteiger partial charge in [0.1, 0.15) is 5.75 Å². The van der Waals surface area contributed by atoms with Crippen LogP contribution in [0, 0.1) is 0 Å². The molecule has 0 saturated heterocycles. The van der Waals surface area contributed by atoms with Crippen LogP contribution in [0.5, 0.6) is 5.75 Å². The molecule has 1 atom stereocenters. The van der Waals surface area contributed by atoms with Gasteiger partial charge in [0.2, 0.25) is 0 Å². The van der Waals surface area contributed by atoms with Crippen LogP contribution in [0.25, 0.3) is 0 Å². The van der Waals surface area contributed by atoms with Gasteiger partial charge < -0.3 is 10.2 Å². The summed E-state index contributed by atoms with van der Waals surface area (Å²) in [6.45, 7) is 2.08. The summed E-state index contributed by atoms with van der Waals surface area (Å²) in [5, 5.41) is 17.7. The lowest BCUT2D eigenvalue weighted by Crippen LogP contribution is -1.97. The van der Waals surface area contributed by atoms with E-state index in [1.54, 1.807) is 12.1 Å². The zero-order valence-corrected chi connectivity index (χ0v) is 9.95. The number of aliphatic hydroxyl groups is 1. The molecule has 2 rings (SSSR count). The third kappa shape index (κ3) is 5.18. The monoisotopic (exact) mass is 230 g/mol. The molecule has 0 aromatic heterocycles. The molecule has 0 fully saturated rings. The molecule has 0 aliphatic rings. The van der Waals surface area contributed by atoms with Crippen molar-refractivity contribution in [1.29, 1.82) is 0 Å². The predicted octanol–water partition coefficient (Wildman–Crippen LogP) is 3.17. The van der Waals surface area contributed by atoms with Gasteiger partial charge in [0, 0.05) is 12.5 Å². The molecule has 0 spiro atoms. The first-order chi connectivity index (χ1) is 8.24. The zero-order chi connectivity index (χ0) is 12.5. The summed E-state index contributed by atoms with van der Waals surface area (Å²) < 4.78 is 0. The number of rotatable bonds is 2. The highest BCUT2D eigenvalue weighted by Gasteiger charge is 2.01. The topological polar surface area (TPSA) is 40.5 Å². The van der Waals surface area contributed by atoms with E-state index < -0.39 is 0 Å². The highest BCUT2D eigenvalue weighted by molar-refractivity contribution is 5.27. The van der Waals surface area contributed by atoms with Crippen molar-refractivity contribution >= 4 is 0 Å². The Morgan fingerprint density at radius 2 is 1.29 bits per heavy atom. The van der Waals surface area contributed by atoms with Gasteiger partial charge in [0.05, 0.1) is 0 Å². The van der Waals surface area contributed by atoms with Crippen LogP contribution in [0.4, 0.5) is 0 Å². The van der Waals surface area contributed by atoms with E-state index in [0.29, 0.717) is 0 Å². The van der Waals surface area contributed by atoms with Crippen molar-refractivity contribution in [1.82, 2.24) is 0 Å². The first kappa shape index (κ1) is 13.3. The lowest BCUT2D eigenvalue weighted by molar-refractivity contribution is 0.273. The summed E-state index contributed by atoms with van der Waals surface area (Å²) in [7, 11) is 0. The van der Waals surface area contributed by atoms with Crippen molar-refractivity contribution in [3.63, 3.8) is 0 Å². The number of benzene rings is 2. The normalized spacial score (nSPS) is 11.2. The molecular weight excluding hydrogens is 212 g/mol. The quantitative estimate of drug-likeness (QED) is 0.832. The molecule has 90 valence electrons. The van der Waals surface area contributed by atoms with E-state index in [4.69, 9.17) is 10.2 Å². The van der Waals surface area contributed by atoms with Crippen molar-refractivity contribution in [2.75, 3.05) is 6.61 Å². The third-order valence-corrected chi connectivity index (χ3v) is 2.40. The average molecular weight is 230 g/mol. The highest BCUT2D eigenvalue weighted by atomic mass is 16.3. The minimum absolute atomic E-state index is 0.144. The van der Waals surface area contributed by atoms with Gasteiger partial charge in [-0.25, -0.2) is 0 Å². The fourth-order valence-corrected chi connectivity index (χ4v) is 1.29. The highest BCUT2D eigenvalue weighted by Crippen LogP contribution is 2.17. The van der Waals surface area contributed by atoms with Gasteiger partial charge in [0.25, 0.3) is 0 Å². The Morgan fingerprint density at radius 1 is 0.882 bits per heavy atom. The minimum atomic E-state index is 0.144. The molecule has 17 heavy (non-hydrogen) atoms. The van der Waals surface area contributed by atoms with Crippen molar-refractivity contribution in [3.8, 4) is 5.75 Å². The second-order valence-electron chi connectivity index (χ2n) is 3.83. The first-order valence-electron chi connectivity index (χ1n) is 5.64. The van der Waals surface area contributed by atoms with E-state index in [1.165, 1.54) is 0 Å². The van der Waals surface area contributed by atoms with E-state index >= 15 is 0 Å². The summed E-state index contributed by atoms with van der Waals surface area (Å²) in [5.41, 5.74) is 1.05.